The highest BCUT2D eigenvalue weighted by Gasteiger charge is 2.37. The molecule has 2 nitrogen and oxygen atoms in total. The molecule has 0 aromatic heterocycles. The largest absolute Gasteiger partial charge is 0.310 e. The van der Waals surface area contributed by atoms with Gasteiger partial charge in [-0.05, 0) is 130 Å². The summed E-state index contributed by atoms with van der Waals surface area (Å²) in [7, 11) is 0. The average molecular weight is 675 g/mol. The number of fused-ring (bicyclic) bond motifs is 1. The van der Waals surface area contributed by atoms with E-state index in [-0.39, 0.29) is 10.8 Å². The number of benzene rings is 7. The lowest BCUT2D eigenvalue weighted by Gasteiger charge is -2.42. The SMILES string of the molecule is CC1(C)CCC(C)(C)c2cc(N(c3ccccc3)c3cccc(-c4cccc(N(c5ccccc5)c5cccc(-c6ccccc6)c5)c4)c3)ccc21. The fraction of sp³-hybridized carbons (Fsp3) is 0.160. The van der Waals surface area contributed by atoms with E-state index in [1.165, 1.54) is 51.9 Å². The molecule has 2 heteroatoms. The first-order valence-corrected chi connectivity index (χ1v) is 18.5. The summed E-state index contributed by atoms with van der Waals surface area (Å²) in [6.45, 7) is 9.60. The van der Waals surface area contributed by atoms with E-state index >= 15 is 0 Å². The van der Waals surface area contributed by atoms with Gasteiger partial charge in [0.25, 0.3) is 0 Å². The third-order valence-corrected chi connectivity index (χ3v) is 10.9. The summed E-state index contributed by atoms with van der Waals surface area (Å²) in [5.41, 5.74) is 14.8. The van der Waals surface area contributed by atoms with Crippen LogP contribution >= 0.6 is 0 Å². The van der Waals surface area contributed by atoms with E-state index in [4.69, 9.17) is 0 Å². The minimum Gasteiger partial charge on any atom is -0.310 e. The molecule has 0 heterocycles. The van der Waals surface area contributed by atoms with Crippen molar-refractivity contribution in [2.24, 2.45) is 0 Å². The normalized spacial score (nSPS) is 14.3. The molecule has 0 spiro atoms. The molecule has 0 N–H and O–H groups in total. The van der Waals surface area contributed by atoms with Crippen molar-refractivity contribution in [1.29, 1.82) is 0 Å². The second-order valence-corrected chi connectivity index (χ2v) is 15.4. The Morgan fingerprint density at radius 2 is 0.654 bits per heavy atom. The summed E-state index contributed by atoms with van der Waals surface area (Å²) < 4.78 is 0. The van der Waals surface area contributed by atoms with Gasteiger partial charge in [0, 0.05) is 34.1 Å². The molecule has 52 heavy (non-hydrogen) atoms. The number of rotatable bonds is 8. The molecule has 8 rings (SSSR count). The molecule has 7 aromatic carbocycles. The zero-order valence-corrected chi connectivity index (χ0v) is 30.6. The standard InChI is InChI=1S/C50H46N2/c1-49(2)31-32-50(3,4)48-36-46(29-30-47(48)49)52(42-24-12-7-13-25-42)45-28-16-21-40(35-45)39-20-15-27-44(34-39)51(41-22-10-6-11-23-41)43-26-14-19-38(33-43)37-17-8-5-9-18-37/h5-30,33-36H,31-32H2,1-4H3. The van der Waals surface area contributed by atoms with Crippen molar-refractivity contribution in [3.05, 3.63) is 193 Å². The second kappa shape index (κ2) is 13.7. The highest BCUT2D eigenvalue weighted by molar-refractivity contribution is 5.84. The van der Waals surface area contributed by atoms with E-state index in [1.54, 1.807) is 0 Å². The summed E-state index contributed by atoms with van der Waals surface area (Å²) in [5.74, 6) is 0. The van der Waals surface area contributed by atoms with Gasteiger partial charge in [-0.25, -0.2) is 0 Å². The van der Waals surface area contributed by atoms with Crippen molar-refractivity contribution in [2.45, 2.75) is 51.4 Å². The van der Waals surface area contributed by atoms with Gasteiger partial charge in [-0.2, -0.15) is 0 Å². The molecule has 0 saturated heterocycles. The maximum absolute atomic E-state index is 2.46. The van der Waals surface area contributed by atoms with Crippen LogP contribution in [0.2, 0.25) is 0 Å². The predicted octanol–water partition coefficient (Wildman–Crippen LogP) is 14.3. The van der Waals surface area contributed by atoms with Crippen molar-refractivity contribution in [3.63, 3.8) is 0 Å². The highest BCUT2D eigenvalue weighted by atomic mass is 15.1. The zero-order valence-electron chi connectivity index (χ0n) is 30.6. The lowest BCUT2D eigenvalue weighted by atomic mass is 9.63. The number of para-hydroxylation sites is 2. The first-order valence-electron chi connectivity index (χ1n) is 18.5. The molecule has 0 amide bonds. The number of hydrogen-bond donors (Lipinski definition) is 0. The molecule has 0 aliphatic heterocycles. The smallest absolute Gasteiger partial charge is 0.0467 e. The summed E-state index contributed by atoms with van der Waals surface area (Å²) in [6, 6.07) is 66.0. The molecule has 1 aliphatic carbocycles. The van der Waals surface area contributed by atoms with Crippen LogP contribution in [0.5, 0.6) is 0 Å². The van der Waals surface area contributed by atoms with Crippen LogP contribution in [0.1, 0.15) is 51.7 Å². The molecule has 0 saturated carbocycles. The van der Waals surface area contributed by atoms with Crippen LogP contribution in [0.15, 0.2) is 182 Å². The van der Waals surface area contributed by atoms with Crippen LogP contribution in [-0.4, -0.2) is 0 Å². The van der Waals surface area contributed by atoms with Gasteiger partial charge in [0.15, 0.2) is 0 Å². The molecule has 0 bridgehead atoms. The maximum atomic E-state index is 2.46. The van der Waals surface area contributed by atoms with Crippen LogP contribution < -0.4 is 9.80 Å². The van der Waals surface area contributed by atoms with Crippen LogP contribution in [0.3, 0.4) is 0 Å². The van der Waals surface area contributed by atoms with E-state index < -0.39 is 0 Å². The Kier molecular flexibility index (Phi) is 8.77. The molecule has 256 valence electrons. The summed E-state index contributed by atoms with van der Waals surface area (Å²) in [5, 5.41) is 0. The van der Waals surface area contributed by atoms with E-state index in [2.05, 4.69) is 219 Å². The Bertz CT molecular complexity index is 2310. The van der Waals surface area contributed by atoms with Gasteiger partial charge in [0.05, 0.1) is 0 Å². The van der Waals surface area contributed by atoms with Crippen molar-refractivity contribution in [3.8, 4) is 22.3 Å². The third-order valence-electron chi connectivity index (χ3n) is 10.9. The molecule has 0 radical (unpaired) electrons. The molecular formula is C50H46N2. The van der Waals surface area contributed by atoms with E-state index in [0.717, 1.165) is 28.4 Å². The maximum Gasteiger partial charge on any atom is 0.0467 e. The first kappa shape index (κ1) is 33.3. The van der Waals surface area contributed by atoms with Gasteiger partial charge in [0.1, 0.15) is 0 Å². The minimum atomic E-state index is 0.122. The van der Waals surface area contributed by atoms with Gasteiger partial charge in [-0.3, -0.25) is 0 Å². The predicted molar refractivity (Wildman–Crippen MR) is 222 cm³/mol. The quantitative estimate of drug-likeness (QED) is 0.158. The van der Waals surface area contributed by atoms with Crippen LogP contribution in [-0.2, 0) is 10.8 Å². The Hall–Kier alpha value is -5.86. The monoisotopic (exact) mass is 674 g/mol. The molecular weight excluding hydrogens is 629 g/mol. The Morgan fingerprint density at radius 3 is 1.12 bits per heavy atom. The van der Waals surface area contributed by atoms with Gasteiger partial charge in [0.2, 0.25) is 0 Å². The number of anilines is 6. The van der Waals surface area contributed by atoms with Crippen molar-refractivity contribution in [2.75, 3.05) is 9.80 Å². The van der Waals surface area contributed by atoms with Crippen LogP contribution in [0.25, 0.3) is 22.3 Å². The topological polar surface area (TPSA) is 6.48 Å². The van der Waals surface area contributed by atoms with Crippen LogP contribution in [0.4, 0.5) is 34.1 Å². The van der Waals surface area contributed by atoms with E-state index in [1.807, 2.05) is 0 Å². The van der Waals surface area contributed by atoms with E-state index in [9.17, 15) is 0 Å². The van der Waals surface area contributed by atoms with Crippen LogP contribution in [0, 0.1) is 0 Å². The average Bonchev–Trinajstić information content (AvgIpc) is 3.19. The second-order valence-electron chi connectivity index (χ2n) is 15.4. The van der Waals surface area contributed by atoms with Gasteiger partial charge in [-0.1, -0.05) is 137 Å². The van der Waals surface area contributed by atoms with E-state index in [0.29, 0.717) is 0 Å². The van der Waals surface area contributed by atoms with Crippen molar-refractivity contribution in [1.82, 2.24) is 0 Å². The highest BCUT2D eigenvalue weighted by Crippen LogP contribution is 2.48. The fourth-order valence-electron chi connectivity index (χ4n) is 7.87. The van der Waals surface area contributed by atoms with Gasteiger partial charge < -0.3 is 9.80 Å². The number of nitrogens with zero attached hydrogens (tertiary/aromatic N) is 2. The third kappa shape index (κ3) is 6.53. The molecule has 0 fully saturated rings. The fourth-order valence-corrected chi connectivity index (χ4v) is 7.87. The Morgan fingerprint density at radius 1 is 0.308 bits per heavy atom. The Balaban J connectivity index is 1.21. The summed E-state index contributed by atoms with van der Waals surface area (Å²) >= 11 is 0. The Labute approximate surface area is 309 Å². The van der Waals surface area contributed by atoms with Gasteiger partial charge >= 0.3 is 0 Å². The molecule has 1 aliphatic rings. The molecule has 7 aromatic rings. The molecule has 0 atom stereocenters. The first-order chi connectivity index (χ1) is 25.3. The van der Waals surface area contributed by atoms with Gasteiger partial charge in [-0.15, -0.1) is 0 Å². The lowest BCUT2D eigenvalue weighted by Crippen LogP contribution is -2.34. The lowest BCUT2D eigenvalue weighted by molar-refractivity contribution is 0.332. The minimum absolute atomic E-state index is 0.122. The number of hydrogen-bond acceptors (Lipinski definition) is 2. The van der Waals surface area contributed by atoms with Crippen molar-refractivity contribution < 1.29 is 0 Å². The molecule has 0 unspecified atom stereocenters. The summed E-state index contributed by atoms with van der Waals surface area (Å²) in [6.07, 6.45) is 2.39. The van der Waals surface area contributed by atoms with Crippen molar-refractivity contribution >= 4 is 34.1 Å². The summed E-state index contributed by atoms with van der Waals surface area (Å²) in [4.78, 5) is 4.77. The zero-order chi connectivity index (χ0) is 35.7.